The smallest absolute Gasteiger partial charge is 0.257 e. The topological polar surface area (TPSA) is 83.7 Å². The van der Waals surface area contributed by atoms with Crippen molar-refractivity contribution >= 4 is 40.5 Å². The lowest BCUT2D eigenvalue weighted by atomic mass is 10.1. The van der Waals surface area contributed by atoms with Crippen molar-refractivity contribution in [2.24, 2.45) is 0 Å². The second kappa shape index (κ2) is 9.09. The summed E-state index contributed by atoms with van der Waals surface area (Å²) in [6.07, 6.45) is 0. The van der Waals surface area contributed by atoms with Gasteiger partial charge in [-0.25, -0.2) is 0 Å². The van der Waals surface area contributed by atoms with Gasteiger partial charge in [-0.2, -0.15) is 0 Å². The number of aliphatic hydroxyl groups is 1. The molecule has 0 radical (unpaired) electrons. The highest BCUT2D eigenvalue weighted by Crippen LogP contribution is 2.33. The van der Waals surface area contributed by atoms with Crippen molar-refractivity contribution in [3.63, 3.8) is 0 Å². The number of hydrogen-bond donors (Lipinski definition) is 3. The van der Waals surface area contributed by atoms with Crippen LogP contribution in [0.5, 0.6) is 5.75 Å². The van der Waals surface area contributed by atoms with E-state index >= 15 is 0 Å². The van der Waals surface area contributed by atoms with Gasteiger partial charge >= 0.3 is 0 Å². The van der Waals surface area contributed by atoms with Crippen LogP contribution in [-0.2, 0) is 6.61 Å². The van der Waals surface area contributed by atoms with Crippen LogP contribution in [0.2, 0.25) is 5.02 Å². The molecule has 8 heteroatoms. The van der Waals surface area contributed by atoms with Crippen molar-refractivity contribution in [1.29, 1.82) is 0 Å². The summed E-state index contributed by atoms with van der Waals surface area (Å²) < 4.78 is 11.0. The van der Waals surface area contributed by atoms with Crippen molar-refractivity contribution in [3.8, 4) is 17.1 Å². The Morgan fingerprint density at radius 3 is 2.66 bits per heavy atom. The molecule has 0 saturated heterocycles. The van der Waals surface area contributed by atoms with Crippen molar-refractivity contribution in [2.45, 2.75) is 13.5 Å². The number of nitrogens with one attached hydrogen (secondary N) is 2. The Labute approximate surface area is 178 Å². The number of methoxy groups -OCH3 is 1. The number of aliphatic hydroxyl groups excluding tert-OH is 1. The third-order valence-electron chi connectivity index (χ3n) is 4.20. The standard InChI is InChI=1S/C21H19ClN2O4S/c1-12-3-4-13(9-17(12)22)20(26)24-21(29)23-14-5-7-16(19(10-14)27-2)18-8-6-15(11-25)28-18/h3-10,25H,11H2,1-2H3,(H2,23,24,26,29). The summed E-state index contributed by atoms with van der Waals surface area (Å²) in [6.45, 7) is 1.68. The van der Waals surface area contributed by atoms with Gasteiger partial charge in [-0.1, -0.05) is 17.7 Å². The maximum atomic E-state index is 12.3. The second-order valence-electron chi connectivity index (χ2n) is 6.21. The second-order valence-corrected chi connectivity index (χ2v) is 7.03. The summed E-state index contributed by atoms with van der Waals surface area (Å²) in [6, 6.07) is 13.8. The highest BCUT2D eigenvalue weighted by atomic mass is 35.5. The normalized spacial score (nSPS) is 10.5. The van der Waals surface area contributed by atoms with Crippen LogP contribution in [0.3, 0.4) is 0 Å². The van der Waals surface area contributed by atoms with Gasteiger partial charge in [-0.15, -0.1) is 0 Å². The summed E-state index contributed by atoms with van der Waals surface area (Å²) >= 11 is 11.3. The molecule has 3 N–H and O–H groups in total. The van der Waals surface area contributed by atoms with Crippen LogP contribution < -0.4 is 15.4 Å². The number of ether oxygens (including phenoxy) is 1. The minimum atomic E-state index is -0.361. The van der Waals surface area contributed by atoms with Gasteiger partial charge in [0.1, 0.15) is 23.9 Å². The fraction of sp³-hybridized carbons (Fsp3) is 0.143. The Morgan fingerprint density at radius 1 is 1.21 bits per heavy atom. The Balaban J connectivity index is 1.71. The molecule has 29 heavy (non-hydrogen) atoms. The Bertz CT molecular complexity index is 1060. The van der Waals surface area contributed by atoms with Gasteiger partial charge in [-0.3, -0.25) is 10.1 Å². The first-order valence-corrected chi connectivity index (χ1v) is 9.46. The molecule has 0 bridgehead atoms. The summed E-state index contributed by atoms with van der Waals surface area (Å²) in [5.74, 6) is 1.22. The maximum Gasteiger partial charge on any atom is 0.257 e. The van der Waals surface area contributed by atoms with E-state index in [1.54, 1.807) is 55.6 Å². The molecule has 150 valence electrons. The number of halogens is 1. The number of furan rings is 1. The van der Waals surface area contributed by atoms with Crippen molar-refractivity contribution < 1.29 is 19.1 Å². The average molecular weight is 431 g/mol. The number of hydrogen-bond acceptors (Lipinski definition) is 5. The molecule has 1 amide bonds. The number of benzene rings is 2. The number of rotatable bonds is 5. The predicted molar refractivity (Wildman–Crippen MR) is 116 cm³/mol. The van der Waals surface area contributed by atoms with Gasteiger partial charge in [-0.05, 0) is 61.1 Å². The molecule has 0 spiro atoms. The molecular weight excluding hydrogens is 412 g/mol. The zero-order chi connectivity index (χ0) is 21.0. The van der Waals surface area contributed by atoms with E-state index in [1.165, 1.54) is 0 Å². The van der Waals surface area contributed by atoms with Crippen molar-refractivity contribution in [1.82, 2.24) is 5.32 Å². The Kier molecular flexibility index (Phi) is 6.53. The molecule has 3 aromatic rings. The quantitative estimate of drug-likeness (QED) is 0.515. The van der Waals surface area contributed by atoms with Crippen molar-refractivity contribution in [3.05, 3.63) is 70.4 Å². The highest BCUT2D eigenvalue weighted by Gasteiger charge is 2.13. The Hall–Kier alpha value is -2.87. The molecule has 0 aliphatic rings. The molecular formula is C21H19ClN2O4S. The maximum absolute atomic E-state index is 12.3. The van der Waals surface area contributed by atoms with Crippen molar-refractivity contribution in [2.75, 3.05) is 12.4 Å². The lowest BCUT2D eigenvalue weighted by molar-refractivity contribution is 0.0977. The van der Waals surface area contributed by atoms with E-state index in [0.29, 0.717) is 33.5 Å². The van der Waals surface area contributed by atoms with Gasteiger partial charge in [0, 0.05) is 22.3 Å². The monoisotopic (exact) mass is 430 g/mol. The fourth-order valence-corrected chi connectivity index (χ4v) is 3.04. The molecule has 0 aliphatic carbocycles. The largest absolute Gasteiger partial charge is 0.496 e. The minimum Gasteiger partial charge on any atom is -0.496 e. The first kappa shape index (κ1) is 20.9. The fourth-order valence-electron chi connectivity index (χ4n) is 2.65. The molecule has 1 aromatic heterocycles. The molecule has 3 rings (SSSR count). The summed E-state index contributed by atoms with van der Waals surface area (Å²) in [5.41, 5.74) is 2.66. The molecule has 6 nitrogen and oxygen atoms in total. The zero-order valence-corrected chi connectivity index (χ0v) is 17.4. The van der Waals surface area contributed by atoms with E-state index < -0.39 is 0 Å². The lowest BCUT2D eigenvalue weighted by Crippen LogP contribution is -2.34. The van der Waals surface area contributed by atoms with Gasteiger partial charge in [0.25, 0.3) is 5.91 Å². The van der Waals surface area contributed by atoms with Gasteiger partial charge in [0.2, 0.25) is 0 Å². The number of amides is 1. The number of aryl methyl sites for hydroxylation is 1. The zero-order valence-electron chi connectivity index (χ0n) is 15.8. The van der Waals surface area contributed by atoms with E-state index in [4.69, 9.17) is 38.1 Å². The lowest BCUT2D eigenvalue weighted by Gasteiger charge is -2.13. The van der Waals surface area contributed by atoms with E-state index in [1.807, 2.05) is 6.92 Å². The summed E-state index contributed by atoms with van der Waals surface area (Å²) in [7, 11) is 1.54. The molecule has 0 saturated carbocycles. The van der Waals surface area contributed by atoms with Crippen LogP contribution in [0, 0.1) is 6.92 Å². The van der Waals surface area contributed by atoms with Gasteiger partial charge in [0.15, 0.2) is 5.11 Å². The third kappa shape index (κ3) is 4.95. The molecule has 0 fully saturated rings. The van der Waals surface area contributed by atoms with Crippen LogP contribution in [-0.4, -0.2) is 23.2 Å². The summed E-state index contributed by atoms with van der Waals surface area (Å²) in [5, 5.41) is 15.4. The molecule has 1 heterocycles. The highest BCUT2D eigenvalue weighted by molar-refractivity contribution is 7.80. The van der Waals surface area contributed by atoms with E-state index in [9.17, 15) is 4.79 Å². The first-order valence-electron chi connectivity index (χ1n) is 8.67. The predicted octanol–water partition coefficient (Wildman–Crippen LogP) is 4.54. The van der Waals surface area contributed by atoms with Crippen LogP contribution in [0.4, 0.5) is 5.69 Å². The molecule has 2 aromatic carbocycles. The number of carbonyl (C=O) groups excluding carboxylic acids is 1. The number of thiocarbonyl (C=S) groups is 1. The number of carbonyl (C=O) groups is 1. The summed E-state index contributed by atoms with van der Waals surface area (Å²) in [4.78, 5) is 12.3. The average Bonchev–Trinajstić information content (AvgIpc) is 3.18. The third-order valence-corrected chi connectivity index (χ3v) is 4.81. The van der Waals surface area contributed by atoms with Crippen LogP contribution >= 0.6 is 23.8 Å². The minimum absolute atomic E-state index is 0.141. The molecule has 0 unspecified atom stereocenters. The van der Waals surface area contributed by atoms with Gasteiger partial charge < -0.3 is 19.6 Å². The molecule has 0 aliphatic heterocycles. The van der Waals surface area contributed by atoms with Crippen LogP contribution in [0.15, 0.2) is 52.9 Å². The van der Waals surface area contributed by atoms with E-state index in [0.717, 1.165) is 11.1 Å². The van der Waals surface area contributed by atoms with E-state index in [-0.39, 0.29) is 17.6 Å². The number of anilines is 1. The Morgan fingerprint density at radius 2 is 2.00 bits per heavy atom. The first-order chi connectivity index (χ1) is 13.9. The van der Waals surface area contributed by atoms with Gasteiger partial charge in [0.05, 0.1) is 12.7 Å². The SMILES string of the molecule is COc1cc(NC(=S)NC(=O)c2ccc(C)c(Cl)c2)ccc1-c1ccc(CO)o1. The van der Waals surface area contributed by atoms with E-state index in [2.05, 4.69) is 10.6 Å². The molecule has 0 atom stereocenters. The van der Waals surface area contributed by atoms with Crippen LogP contribution in [0.25, 0.3) is 11.3 Å². The van der Waals surface area contributed by atoms with Crippen LogP contribution in [0.1, 0.15) is 21.7 Å².